The maximum Gasteiger partial charge on any atom is 0.0874 e. The third-order valence-corrected chi connectivity index (χ3v) is 4.64. The molecule has 2 aliphatic heterocycles. The van der Waals surface area contributed by atoms with Crippen molar-refractivity contribution in [3.8, 4) is 0 Å². The monoisotopic (exact) mass is 303 g/mol. The summed E-state index contributed by atoms with van der Waals surface area (Å²) in [6.45, 7) is 2.08. The molecule has 2 aromatic rings. The minimum Gasteiger partial charge on any atom is -0.342 e. The quantitative estimate of drug-likeness (QED) is 0.788. The first-order valence-corrected chi connectivity index (χ1v) is 8.13. The molecule has 0 N–H and O–H groups in total. The van der Waals surface area contributed by atoms with Crippen LogP contribution in [-0.4, -0.2) is 37.8 Å². The highest BCUT2D eigenvalue weighted by Crippen LogP contribution is 2.39. The molecule has 0 fully saturated rings. The van der Waals surface area contributed by atoms with E-state index in [4.69, 9.17) is 4.99 Å². The molecule has 0 unspecified atom stereocenters. The highest BCUT2D eigenvalue weighted by molar-refractivity contribution is 6.18. The fourth-order valence-electron chi connectivity index (χ4n) is 3.43. The Labute approximate surface area is 137 Å². The Morgan fingerprint density at radius 2 is 1.65 bits per heavy atom. The van der Waals surface area contributed by atoms with Crippen molar-refractivity contribution in [1.82, 2.24) is 4.90 Å². The van der Waals surface area contributed by atoms with E-state index in [-0.39, 0.29) is 0 Å². The van der Waals surface area contributed by atoms with Crippen LogP contribution in [0.15, 0.2) is 65.2 Å². The van der Waals surface area contributed by atoms with Crippen LogP contribution in [0.2, 0.25) is 0 Å². The van der Waals surface area contributed by atoms with Gasteiger partial charge in [0.2, 0.25) is 0 Å². The lowest BCUT2D eigenvalue weighted by molar-refractivity contribution is 0.360. The number of anilines is 2. The Hall–Kier alpha value is -2.39. The van der Waals surface area contributed by atoms with Crippen molar-refractivity contribution >= 4 is 22.8 Å². The number of para-hydroxylation sites is 3. The van der Waals surface area contributed by atoms with E-state index in [2.05, 4.69) is 78.5 Å². The average Bonchev–Trinajstić information content (AvgIpc) is 2.71. The van der Waals surface area contributed by atoms with E-state index < -0.39 is 0 Å². The zero-order valence-electron chi connectivity index (χ0n) is 13.7. The van der Waals surface area contributed by atoms with E-state index >= 15 is 0 Å². The molecule has 4 rings (SSSR count). The van der Waals surface area contributed by atoms with Crippen molar-refractivity contribution in [1.29, 1.82) is 0 Å². The Morgan fingerprint density at radius 3 is 2.48 bits per heavy atom. The van der Waals surface area contributed by atoms with Crippen LogP contribution in [0.1, 0.15) is 12.0 Å². The van der Waals surface area contributed by atoms with Gasteiger partial charge in [0.15, 0.2) is 0 Å². The molecular formula is C20H21N3. The van der Waals surface area contributed by atoms with Gasteiger partial charge in [-0.3, -0.25) is 0 Å². The van der Waals surface area contributed by atoms with Gasteiger partial charge in [-0.2, -0.15) is 0 Å². The highest BCUT2D eigenvalue weighted by atomic mass is 15.1. The van der Waals surface area contributed by atoms with Gasteiger partial charge in [0.05, 0.1) is 22.8 Å². The van der Waals surface area contributed by atoms with Crippen LogP contribution in [0.3, 0.4) is 0 Å². The summed E-state index contributed by atoms with van der Waals surface area (Å²) in [6, 6.07) is 16.9. The number of hydrogen-bond acceptors (Lipinski definition) is 3. The van der Waals surface area contributed by atoms with Crippen LogP contribution in [-0.2, 0) is 0 Å². The van der Waals surface area contributed by atoms with Gasteiger partial charge in [0, 0.05) is 25.7 Å². The SMILES string of the molecule is CN1CCC=C(C2=Nc3ccccc3N(C)c3ccccc32)C1. The number of rotatable bonds is 1. The van der Waals surface area contributed by atoms with Crippen molar-refractivity contribution in [2.75, 3.05) is 32.1 Å². The second-order valence-corrected chi connectivity index (χ2v) is 6.28. The summed E-state index contributed by atoms with van der Waals surface area (Å²) < 4.78 is 0. The van der Waals surface area contributed by atoms with Crippen molar-refractivity contribution in [3.05, 3.63) is 65.7 Å². The molecule has 116 valence electrons. The Balaban J connectivity index is 1.95. The molecule has 0 saturated carbocycles. The van der Waals surface area contributed by atoms with Crippen molar-refractivity contribution < 1.29 is 0 Å². The average molecular weight is 303 g/mol. The molecule has 0 amide bonds. The minimum atomic E-state index is 0.957. The Morgan fingerprint density at radius 1 is 0.913 bits per heavy atom. The van der Waals surface area contributed by atoms with Gasteiger partial charge in [0.1, 0.15) is 0 Å². The Bertz CT molecular complexity index is 804. The van der Waals surface area contributed by atoms with Crippen LogP contribution in [0.4, 0.5) is 17.1 Å². The normalized spacial score (nSPS) is 17.7. The van der Waals surface area contributed by atoms with E-state index in [1.807, 2.05) is 0 Å². The predicted molar refractivity (Wildman–Crippen MR) is 97.3 cm³/mol. The van der Waals surface area contributed by atoms with Crippen molar-refractivity contribution in [2.45, 2.75) is 6.42 Å². The third kappa shape index (κ3) is 2.47. The van der Waals surface area contributed by atoms with Gasteiger partial charge in [-0.15, -0.1) is 0 Å². The van der Waals surface area contributed by atoms with Crippen LogP contribution >= 0.6 is 0 Å². The molecule has 23 heavy (non-hydrogen) atoms. The third-order valence-electron chi connectivity index (χ3n) is 4.64. The Kier molecular flexibility index (Phi) is 3.50. The largest absolute Gasteiger partial charge is 0.342 e. The number of hydrogen-bond donors (Lipinski definition) is 0. The molecule has 2 aliphatic rings. The number of nitrogens with zero attached hydrogens (tertiary/aromatic N) is 3. The van der Waals surface area contributed by atoms with Crippen LogP contribution in [0, 0.1) is 0 Å². The maximum atomic E-state index is 5.07. The van der Waals surface area contributed by atoms with Crippen molar-refractivity contribution in [3.63, 3.8) is 0 Å². The molecule has 0 bridgehead atoms. The molecule has 0 atom stereocenters. The number of fused-ring (bicyclic) bond motifs is 2. The highest BCUT2D eigenvalue weighted by Gasteiger charge is 2.23. The number of aliphatic imine (C=N–C) groups is 1. The van der Waals surface area contributed by atoms with E-state index in [1.54, 1.807) is 0 Å². The fraction of sp³-hybridized carbons (Fsp3) is 0.250. The zero-order valence-corrected chi connectivity index (χ0v) is 13.7. The molecular weight excluding hydrogens is 282 g/mol. The minimum absolute atomic E-state index is 0.957. The molecule has 2 aromatic carbocycles. The zero-order chi connectivity index (χ0) is 15.8. The molecule has 0 aromatic heterocycles. The van der Waals surface area contributed by atoms with E-state index in [0.29, 0.717) is 0 Å². The molecule has 2 heterocycles. The molecule has 0 radical (unpaired) electrons. The van der Waals surface area contributed by atoms with E-state index in [9.17, 15) is 0 Å². The first-order chi connectivity index (χ1) is 11.2. The first kappa shape index (κ1) is 14.2. The second kappa shape index (κ2) is 5.67. The van der Waals surface area contributed by atoms with Crippen LogP contribution < -0.4 is 4.90 Å². The summed E-state index contributed by atoms with van der Waals surface area (Å²) in [5.41, 5.74) is 7.06. The lowest BCUT2D eigenvalue weighted by atomic mass is 9.97. The predicted octanol–water partition coefficient (Wildman–Crippen LogP) is 4.15. The molecule has 3 heteroatoms. The van der Waals surface area contributed by atoms with Crippen molar-refractivity contribution in [2.24, 2.45) is 4.99 Å². The van der Waals surface area contributed by atoms with E-state index in [1.165, 1.54) is 16.8 Å². The molecule has 3 nitrogen and oxygen atoms in total. The number of likely N-dealkylation sites (N-methyl/N-ethyl adjacent to an activating group) is 1. The van der Waals surface area contributed by atoms with Gasteiger partial charge in [-0.1, -0.05) is 36.4 Å². The van der Waals surface area contributed by atoms with E-state index in [0.717, 1.165) is 36.6 Å². The summed E-state index contributed by atoms with van der Waals surface area (Å²) in [4.78, 5) is 9.68. The number of benzene rings is 2. The molecule has 0 saturated heterocycles. The lowest BCUT2D eigenvalue weighted by Gasteiger charge is -2.25. The first-order valence-electron chi connectivity index (χ1n) is 8.13. The fourth-order valence-corrected chi connectivity index (χ4v) is 3.43. The van der Waals surface area contributed by atoms with Gasteiger partial charge >= 0.3 is 0 Å². The molecule has 0 spiro atoms. The van der Waals surface area contributed by atoms with Crippen LogP contribution in [0.25, 0.3) is 0 Å². The van der Waals surface area contributed by atoms with Crippen LogP contribution in [0.5, 0.6) is 0 Å². The molecule has 0 aliphatic carbocycles. The topological polar surface area (TPSA) is 18.8 Å². The smallest absolute Gasteiger partial charge is 0.0874 e. The van der Waals surface area contributed by atoms with Gasteiger partial charge in [0.25, 0.3) is 0 Å². The summed E-state index contributed by atoms with van der Waals surface area (Å²) in [5.74, 6) is 0. The van der Waals surface area contributed by atoms with Gasteiger partial charge < -0.3 is 9.80 Å². The van der Waals surface area contributed by atoms with Gasteiger partial charge in [-0.05, 0) is 37.2 Å². The summed E-state index contributed by atoms with van der Waals surface area (Å²) >= 11 is 0. The second-order valence-electron chi connectivity index (χ2n) is 6.28. The summed E-state index contributed by atoms with van der Waals surface area (Å²) in [7, 11) is 4.30. The maximum absolute atomic E-state index is 5.07. The summed E-state index contributed by atoms with van der Waals surface area (Å²) in [5, 5.41) is 0. The lowest BCUT2D eigenvalue weighted by Crippen LogP contribution is -2.29. The standard InChI is InChI=1S/C20H21N3/c1-22-13-7-8-15(14-22)20-16-9-3-5-11-18(16)23(2)19-12-6-4-10-17(19)21-20/h3-6,8-12H,7,13-14H2,1-2H3. The summed E-state index contributed by atoms with van der Waals surface area (Å²) in [6.07, 6.45) is 3.44. The van der Waals surface area contributed by atoms with Gasteiger partial charge in [-0.25, -0.2) is 4.99 Å².